The van der Waals surface area contributed by atoms with Crippen LogP contribution in [0, 0.1) is 0 Å². The van der Waals surface area contributed by atoms with Gasteiger partial charge in [-0.1, -0.05) is 34.7 Å². The van der Waals surface area contributed by atoms with E-state index in [2.05, 4.69) is 4.40 Å². The Morgan fingerprint density at radius 2 is 2.00 bits per heavy atom. The molecule has 0 aliphatic heterocycles. The highest BCUT2D eigenvalue weighted by molar-refractivity contribution is 7.91. The molecule has 0 aromatic heterocycles. The van der Waals surface area contributed by atoms with E-state index in [-0.39, 0.29) is 23.7 Å². The molecule has 0 amide bonds. The molecule has 4 nitrogen and oxygen atoms in total. The summed E-state index contributed by atoms with van der Waals surface area (Å²) >= 11 is -1.27. The van der Waals surface area contributed by atoms with Crippen molar-refractivity contribution in [3.05, 3.63) is 35.9 Å². The van der Waals surface area contributed by atoms with Crippen LogP contribution in [-0.2, 0) is 27.5 Å². The Morgan fingerprint density at radius 1 is 1.35 bits per heavy atom. The van der Waals surface area contributed by atoms with Crippen LogP contribution in [0.15, 0.2) is 34.7 Å². The molecule has 0 spiro atoms. The molecular weight excluding hydrogens is 274 g/mol. The van der Waals surface area contributed by atoms with Crippen LogP contribution in [0.3, 0.4) is 0 Å². The smallest absolute Gasteiger partial charge is 0.306 e. The van der Waals surface area contributed by atoms with Crippen LogP contribution >= 0.6 is 0 Å². The van der Waals surface area contributed by atoms with Gasteiger partial charge in [-0.15, -0.1) is 0 Å². The van der Waals surface area contributed by atoms with Crippen molar-refractivity contribution in [1.82, 2.24) is 0 Å². The summed E-state index contributed by atoms with van der Waals surface area (Å²) in [7, 11) is 0. The molecule has 0 radical (unpaired) electrons. The normalized spacial score (nSPS) is 13.4. The predicted octanol–water partition coefficient (Wildman–Crippen LogP) is 3.04. The van der Waals surface area contributed by atoms with E-state index < -0.39 is 11.4 Å². The fraction of sp³-hybridized carbons (Fsp3) is 0.467. The van der Waals surface area contributed by atoms with Crippen molar-refractivity contribution in [3.8, 4) is 0 Å². The SMILES string of the molecule is CC(C)(C)[S@+]([O-])/N=C/CCC(=O)OCc1ccccc1. The Labute approximate surface area is 123 Å². The van der Waals surface area contributed by atoms with Crippen molar-refractivity contribution in [2.24, 2.45) is 4.40 Å². The lowest BCUT2D eigenvalue weighted by Gasteiger charge is -2.17. The van der Waals surface area contributed by atoms with Gasteiger partial charge in [-0.2, -0.15) is 0 Å². The number of benzene rings is 1. The average molecular weight is 295 g/mol. The van der Waals surface area contributed by atoms with Gasteiger partial charge in [0.15, 0.2) is 0 Å². The van der Waals surface area contributed by atoms with E-state index in [1.807, 2.05) is 51.1 Å². The highest BCUT2D eigenvalue weighted by Gasteiger charge is 2.25. The molecule has 20 heavy (non-hydrogen) atoms. The standard InChI is InChI=1S/C15H21NO3S/c1-15(2,3)20(18)16-11-7-10-14(17)19-12-13-8-5-4-6-9-13/h4-6,8-9,11H,7,10,12H2,1-3H3/b16-11+/t20-/m0/s1. The largest absolute Gasteiger partial charge is 0.591 e. The van der Waals surface area contributed by atoms with Crippen molar-refractivity contribution in [1.29, 1.82) is 0 Å². The van der Waals surface area contributed by atoms with Gasteiger partial charge in [0.05, 0.1) is 12.6 Å². The van der Waals surface area contributed by atoms with Crippen molar-refractivity contribution in [2.75, 3.05) is 0 Å². The molecule has 1 rings (SSSR count). The van der Waals surface area contributed by atoms with Crippen LogP contribution in [0.1, 0.15) is 39.2 Å². The molecule has 0 fully saturated rings. The summed E-state index contributed by atoms with van der Waals surface area (Å²) in [4.78, 5) is 11.5. The van der Waals surface area contributed by atoms with Crippen LogP contribution in [0.4, 0.5) is 0 Å². The second-order valence-electron chi connectivity index (χ2n) is 5.33. The molecule has 110 valence electrons. The van der Waals surface area contributed by atoms with Gasteiger partial charge >= 0.3 is 5.97 Å². The number of hydrogen-bond acceptors (Lipinski definition) is 4. The van der Waals surface area contributed by atoms with Crippen molar-refractivity contribution < 1.29 is 14.1 Å². The molecule has 0 aliphatic rings. The molecule has 1 aromatic carbocycles. The van der Waals surface area contributed by atoms with Gasteiger partial charge in [0.2, 0.25) is 0 Å². The third kappa shape index (κ3) is 6.73. The number of esters is 1. The van der Waals surface area contributed by atoms with Crippen molar-refractivity contribution in [2.45, 2.75) is 45.0 Å². The Hall–Kier alpha value is -1.33. The molecule has 5 heteroatoms. The zero-order valence-electron chi connectivity index (χ0n) is 12.2. The molecule has 0 aliphatic carbocycles. The van der Waals surface area contributed by atoms with E-state index in [0.717, 1.165) is 5.56 Å². The lowest BCUT2D eigenvalue weighted by Crippen LogP contribution is -2.25. The second-order valence-corrected chi connectivity index (χ2v) is 7.27. The number of ether oxygens (including phenoxy) is 1. The molecule has 0 heterocycles. The van der Waals surface area contributed by atoms with Crippen molar-refractivity contribution in [3.63, 3.8) is 0 Å². The van der Waals surface area contributed by atoms with E-state index in [1.165, 1.54) is 6.21 Å². The molecule has 0 saturated carbocycles. The Bertz CT molecular complexity index is 440. The first-order valence-electron chi connectivity index (χ1n) is 6.53. The molecular formula is C15H21NO3S. The first kappa shape index (κ1) is 16.7. The molecule has 0 bridgehead atoms. The minimum absolute atomic E-state index is 0.248. The first-order valence-corrected chi connectivity index (χ1v) is 7.64. The molecule has 0 unspecified atom stereocenters. The number of hydrogen-bond donors (Lipinski definition) is 0. The van der Waals surface area contributed by atoms with E-state index >= 15 is 0 Å². The zero-order valence-corrected chi connectivity index (χ0v) is 13.0. The summed E-state index contributed by atoms with van der Waals surface area (Å²) in [5.41, 5.74) is 0.961. The van der Waals surface area contributed by atoms with Gasteiger partial charge in [0, 0.05) is 0 Å². The lowest BCUT2D eigenvalue weighted by atomic mass is 10.2. The Morgan fingerprint density at radius 3 is 2.60 bits per heavy atom. The predicted molar refractivity (Wildman–Crippen MR) is 81.9 cm³/mol. The third-order valence-corrected chi connectivity index (χ3v) is 3.80. The number of carbonyl (C=O) groups excluding carboxylic acids is 1. The lowest BCUT2D eigenvalue weighted by molar-refractivity contribution is -0.144. The number of carbonyl (C=O) groups is 1. The van der Waals surface area contributed by atoms with Crippen LogP contribution < -0.4 is 0 Å². The van der Waals surface area contributed by atoms with Crippen LogP contribution in [0.5, 0.6) is 0 Å². The van der Waals surface area contributed by atoms with E-state index in [9.17, 15) is 9.35 Å². The van der Waals surface area contributed by atoms with Crippen molar-refractivity contribution >= 4 is 23.5 Å². The fourth-order valence-electron chi connectivity index (χ4n) is 1.27. The maximum atomic E-state index is 11.6. The molecule has 1 atom stereocenters. The summed E-state index contributed by atoms with van der Waals surface area (Å²) in [6.07, 6.45) is 2.22. The minimum Gasteiger partial charge on any atom is -0.591 e. The quantitative estimate of drug-likeness (QED) is 0.460. The molecule has 1 aromatic rings. The van der Waals surface area contributed by atoms with E-state index in [1.54, 1.807) is 0 Å². The average Bonchev–Trinajstić information content (AvgIpc) is 2.41. The monoisotopic (exact) mass is 295 g/mol. The topological polar surface area (TPSA) is 61.7 Å². The maximum absolute atomic E-state index is 11.6. The van der Waals surface area contributed by atoms with Crippen LogP contribution in [0.2, 0.25) is 0 Å². The van der Waals surface area contributed by atoms with E-state index in [4.69, 9.17) is 4.74 Å². The summed E-state index contributed by atoms with van der Waals surface area (Å²) in [6.45, 7) is 5.85. The Balaban J connectivity index is 2.22. The third-order valence-electron chi connectivity index (χ3n) is 2.41. The van der Waals surface area contributed by atoms with Gasteiger partial charge in [-0.3, -0.25) is 4.79 Å². The Kier molecular flexibility index (Phi) is 6.75. The fourth-order valence-corrected chi connectivity index (χ4v) is 1.83. The van der Waals surface area contributed by atoms with Gasteiger partial charge < -0.3 is 9.29 Å². The minimum atomic E-state index is -1.27. The van der Waals surface area contributed by atoms with Crippen LogP contribution in [0.25, 0.3) is 0 Å². The summed E-state index contributed by atoms with van der Waals surface area (Å²) in [5.74, 6) is -0.276. The molecule has 0 N–H and O–H groups in total. The van der Waals surface area contributed by atoms with Gasteiger partial charge in [-0.25, -0.2) is 0 Å². The highest BCUT2D eigenvalue weighted by atomic mass is 32.2. The zero-order chi connectivity index (χ0) is 15.0. The summed E-state index contributed by atoms with van der Waals surface area (Å²) in [5, 5.41) is 0. The highest BCUT2D eigenvalue weighted by Crippen LogP contribution is 2.16. The van der Waals surface area contributed by atoms with Gasteiger partial charge in [0.1, 0.15) is 22.7 Å². The van der Waals surface area contributed by atoms with Crippen LogP contribution in [-0.4, -0.2) is 21.5 Å². The summed E-state index contributed by atoms with van der Waals surface area (Å²) in [6, 6.07) is 9.52. The second kappa shape index (κ2) is 8.07. The maximum Gasteiger partial charge on any atom is 0.306 e. The van der Waals surface area contributed by atoms with Gasteiger partial charge in [0.25, 0.3) is 0 Å². The summed E-state index contributed by atoms with van der Waals surface area (Å²) < 4.78 is 20.3. The first-order chi connectivity index (χ1) is 9.39. The number of nitrogens with zero attached hydrogens (tertiary/aromatic N) is 1. The van der Waals surface area contributed by atoms with Gasteiger partial charge in [-0.05, 0) is 32.8 Å². The molecule has 0 saturated heterocycles. The number of rotatable bonds is 6. The van der Waals surface area contributed by atoms with E-state index in [0.29, 0.717) is 6.42 Å².